The summed E-state index contributed by atoms with van der Waals surface area (Å²) < 4.78 is 0. The molecule has 0 N–H and O–H groups in total. The van der Waals surface area contributed by atoms with Gasteiger partial charge in [0.1, 0.15) is 0 Å². The van der Waals surface area contributed by atoms with Crippen LogP contribution in [0.1, 0.15) is 41.4 Å². The van der Waals surface area contributed by atoms with Gasteiger partial charge in [0.2, 0.25) is 0 Å². The highest BCUT2D eigenvalue weighted by molar-refractivity contribution is 6.37. The maximum Gasteiger partial charge on any atom is 0.387 e. The zero-order valence-electron chi connectivity index (χ0n) is 20.0. The first-order valence-corrected chi connectivity index (χ1v) is 12.5. The summed E-state index contributed by atoms with van der Waals surface area (Å²) in [5.41, 5.74) is 0.638. The second kappa shape index (κ2) is 14.9. The van der Waals surface area contributed by atoms with Gasteiger partial charge in [0.15, 0.2) is 0 Å². The molecule has 0 unspecified atom stereocenters. The largest absolute Gasteiger partial charge is 0.387 e. The Kier molecular flexibility index (Phi) is 11.4. The van der Waals surface area contributed by atoms with E-state index in [0.29, 0.717) is 21.2 Å². The highest BCUT2D eigenvalue weighted by atomic mass is 35.5. The summed E-state index contributed by atoms with van der Waals surface area (Å²) in [6.07, 6.45) is 0. The summed E-state index contributed by atoms with van der Waals surface area (Å²) in [6, 6.07) is 24.9. The third kappa shape index (κ3) is 9.00. The standard InChI is InChI=1S/C14H6Cl4O4.C14H10O4/c15-7-1-3-9(11(17)5-7)13(19)21-22-14(20)10-4-2-8(16)6-12(10)18;15-13(11-7-3-1-4-8-11)17-18-14(16)12-9-5-2-6-10-12/h1-6H;1-10H. The van der Waals surface area contributed by atoms with Crippen molar-refractivity contribution in [3.63, 3.8) is 0 Å². The predicted octanol–water partition coefficient (Wildman–Crippen LogP) is 7.84. The van der Waals surface area contributed by atoms with E-state index in [1.54, 1.807) is 60.7 Å². The van der Waals surface area contributed by atoms with Crippen LogP contribution in [0.25, 0.3) is 0 Å². The molecule has 0 spiro atoms. The van der Waals surface area contributed by atoms with Crippen molar-refractivity contribution in [2.75, 3.05) is 0 Å². The predicted molar refractivity (Wildman–Crippen MR) is 147 cm³/mol. The van der Waals surface area contributed by atoms with Crippen molar-refractivity contribution in [2.24, 2.45) is 0 Å². The van der Waals surface area contributed by atoms with Gasteiger partial charge < -0.3 is 0 Å². The van der Waals surface area contributed by atoms with Crippen LogP contribution in [0.2, 0.25) is 20.1 Å². The van der Waals surface area contributed by atoms with Gasteiger partial charge in [-0.2, -0.15) is 0 Å². The molecule has 0 aliphatic rings. The lowest BCUT2D eigenvalue weighted by Gasteiger charge is -2.06. The van der Waals surface area contributed by atoms with E-state index in [9.17, 15) is 19.2 Å². The lowest BCUT2D eigenvalue weighted by atomic mass is 10.2. The van der Waals surface area contributed by atoms with Crippen LogP contribution < -0.4 is 0 Å². The molecule has 8 nitrogen and oxygen atoms in total. The van der Waals surface area contributed by atoms with Crippen LogP contribution in [0.15, 0.2) is 97.1 Å². The summed E-state index contributed by atoms with van der Waals surface area (Å²) in [5.74, 6) is -3.31. The van der Waals surface area contributed by atoms with Crippen molar-refractivity contribution in [2.45, 2.75) is 0 Å². The lowest BCUT2D eigenvalue weighted by molar-refractivity contribution is -0.187. The van der Waals surface area contributed by atoms with E-state index in [4.69, 9.17) is 46.4 Å². The van der Waals surface area contributed by atoms with E-state index in [1.807, 2.05) is 0 Å². The smallest absolute Gasteiger partial charge is 0.242 e. The molecule has 0 radical (unpaired) electrons. The third-order valence-electron chi connectivity index (χ3n) is 4.71. The second-order valence-electron chi connectivity index (χ2n) is 7.46. The quantitative estimate of drug-likeness (QED) is 0.168. The fourth-order valence-electron chi connectivity index (χ4n) is 2.80. The van der Waals surface area contributed by atoms with Gasteiger partial charge in [0.05, 0.1) is 32.3 Å². The van der Waals surface area contributed by atoms with Crippen LogP contribution in [0.5, 0.6) is 0 Å². The minimum absolute atomic E-state index is 0.000990. The normalized spacial score (nSPS) is 9.90. The first-order chi connectivity index (χ1) is 19.2. The molecule has 40 heavy (non-hydrogen) atoms. The van der Waals surface area contributed by atoms with Gasteiger partial charge in [-0.3, -0.25) is 0 Å². The molecule has 0 aliphatic carbocycles. The minimum Gasteiger partial charge on any atom is -0.242 e. The summed E-state index contributed by atoms with van der Waals surface area (Å²) in [4.78, 5) is 64.3. The number of carbonyl (C=O) groups excluding carboxylic acids is 4. The molecule has 0 fully saturated rings. The van der Waals surface area contributed by atoms with Gasteiger partial charge in [0, 0.05) is 10.0 Å². The average molecular weight is 622 g/mol. The highest BCUT2D eigenvalue weighted by Crippen LogP contribution is 2.23. The summed E-state index contributed by atoms with van der Waals surface area (Å²) in [6.45, 7) is 0. The molecule has 0 heterocycles. The molecule has 204 valence electrons. The highest BCUT2D eigenvalue weighted by Gasteiger charge is 2.19. The molecular weight excluding hydrogens is 606 g/mol. The Hall–Kier alpha value is -4.08. The van der Waals surface area contributed by atoms with Crippen molar-refractivity contribution in [1.82, 2.24) is 0 Å². The Morgan fingerprint density at radius 1 is 0.425 bits per heavy atom. The zero-order valence-corrected chi connectivity index (χ0v) is 23.0. The summed E-state index contributed by atoms with van der Waals surface area (Å²) in [5, 5.41) is 0.842. The van der Waals surface area contributed by atoms with E-state index in [1.165, 1.54) is 36.4 Å². The van der Waals surface area contributed by atoms with Gasteiger partial charge >= 0.3 is 23.9 Å². The fourth-order valence-corrected chi connectivity index (χ4v) is 3.77. The van der Waals surface area contributed by atoms with Crippen LogP contribution in [0.3, 0.4) is 0 Å². The van der Waals surface area contributed by atoms with Crippen LogP contribution in [0, 0.1) is 0 Å². The zero-order chi connectivity index (χ0) is 29.1. The van der Waals surface area contributed by atoms with Crippen molar-refractivity contribution in [1.29, 1.82) is 0 Å². The van der Waals surface area contributed by atoms with E-state index < -0.39 is 23.9 Å². The Labute approximate surface area is 247 Å². The fraction of sp³-hybridized carbons (Fsp3) is 0. The van der Waals surface area contributed by atoms with E-state index in [-0.39, 0.29) is 21.2 Å². The van der Waals surface area contributed by atoms with E-state index in [0.717, 1.165) is 0 Å². The van der Waals surface area contributed by atoms with Crippen LogP contribution in [-0.2, 0) is 19.6 Å². The van der Waals surface area contributed by atoms with Crippen molar-refractivity contribution in [3.8, 4) is 0 Å². The molecule has 0 amide bonds. The van der Waals surface area contributed by atoms with E-state index in [2.05, 4.69) is 19.6 Å². The monoisotopic (exact) mass is 620 g/mol. The lowest BCUT2D eigenvalue weighted by Crippen LogP contribution is -2.12. The first-order valence-electron chi connectivity index (χ1n) is 11.0. The Balaban J connectivity index is 0.000000225. The molecule has 0 atom stereocenters. The number of benzene rings is 4. The maximum atomic E-state index is 11.8. The summed E-state index contributed by atoms with van der Waals surface area (Å²) >= 11 is 23.1. The van der Waals surface area contributed by atoms with E-state index >= 15 is 0 Å². The van der Waals surface area contributed by atoms with Gasteiger partial charge in [-0.05, 0) is 60.7 Å². The number of halogens is 4. The Morgan fingerprint density at radius 3 is 1.07 bits per heavy atom. The molecule has 4 aromatic rings. The van der Waals surface area contributed by atoms with Gasteiger partial charge in [-0.1, -0.05) is 82.8 Å². The summed E-state index contributed by atoms with van der Waals surface area (Å²) in [7, 11) is 0. The Morgan fingerprint density at radius 2 is 0.750 bits per heavy atom. The van der Waals surface area contributed by atoms with Gasteiger partial charge in [-0.15, -0.1) is 0 Å². The maximum absolute atomic E-state index is 11.8. The molecule has 4 rings (SSSR count). The average Bonchev–Trinajstić information content (AvgIpc) is 2.95. The van der Waals surface area contributed by atoms with Gasteiger partial charge in [-0.25, -0.2) is 38.7 Å². The molecule has 12 heteroatoms. The molecule has 4 aromatic carbocycles. The third-order valence-corrected chi connectivity index (χ3v) is 5.80. The molecule has 0 aromatic heterocycles. The van der Waals surface area contributed by atoms with Crippen molar-refractivity contribution >= 4 is 70.3 Å². The number of rotatable bonds is 4. The van der Waals surface area contributed by atoms with Crippen LogP contribution >= 0.6 is 46.4 Å². The number of hydrogen-bond acceptors (Lipinski definition) is 8. The van der Waals surface area contributed by atoms with Crippen LogP contribution in [0.4, 0.5) is 0 Å². The topological polar surface area (TPSA) is 105 Å². The minimum atomic E-state index is -0.944. The number of carbonyl (C=O) groups is 4. The SMILES string of the molecule is O=C(OOC(=O)c1ccc(Cl)cc1Cl)c1ccc(Cl)cc1Cl.O=C(OOC(=O)c1ccccc1)c1ccccc1. The van der Waals surface area contributed by atoms with Crippen molar-refractivity contribution < 1.29 is 38.7 Å². The molecule has 0 saturated heterocycles. The first kappa shape index (κ1) is 30.5. The van der Waals surface area contributed by atoms with Gasteiger partial charge in [0.25, 0.3) is 0 Å². The molecule has 0 aliphatic heterocycles. The molecule has 0 saturated carbocycles. The van der Waals surface area contributed by atoms with Crippen molar-refractivity contribution in [3.05, 3.63) is 139 Å². The van der Waals surface area contributed by atoms with Crippen LogP contribution in [-0.4, -0.2) is 23.9 Å². The molecule has 0 bridgehead atoms. The molecular formula is C28H16Cl4O8. The number of hydrogen-bond donors (Lipinski definition) is 0. The second-order valence-corrected chi connectivity index (χ2v) is 9.15. The Bertz CT molecular complexity index is 1400.